The zero-order valence-corrected chi connectivity index (χ0v) is 30.1. The van der Waals surface area contributed by atoms with E-state index in [0.29, 0.717) is 36.6 Å². The number of para-hydroxylation sites is 1. The highest BCUT2D eigenvalue weighted by atomic mass is 35.5. The van der Waals surface area contributed by atoms with Gasteiger partial charge in [0.2, 0.25) is 11.8 Å². The lowest BCUT2D eigenvalue weighted by Gasteiger charge is -2.32. The molecule has 0 aromatic heterocycles. The lowest BCUT2D eigenvalue weighted by Crippen LogP contribution is -2.53. The number of anilines is 1. The van der Waals surface area contributed by atoms with Crippen molar-refractivity contribution in [2.24, 2.45) is 5.92 Å². The van der Waals surface area contributed by atoms with Crippen LogP contribution in [0.1, 0.15) is 76.3 Å². The van der Waals surface area contributed by atoms with Crippen molar-refractivity contribution in [3.63, 3.8) is 0 Å². The molecule has 1 aliphatic carbocycles. The summed E-state index contributed by atoms with van der Waals surface area (Å²) in [4.78, 5) is 42.3. The van der Waals surface area contributed by atoms with Gasteiger partial charge in [0.15, 0.2) is 5.85 Å². The molecule has 270 valence electrons. The van der Waals surface area contributed by atoms with E-state index in [9.17, 15) is 24.1 Å². The quantitative estimate of drug-likeness (QED) is 0.155. The average molecular weight is 721 g/mol. The minimum Gasteiger partial charge on any atom is -0.445 e. The van der Waals surface area contributed by atoms with Gasteiger partial charge in [0, 0.05) is 36.8 Å². The number of aliphatic hydroxyl groups excluding tert-OH is 1. The molecule has 0 radical (unpaired) electrons. The van der Waals surface area contributed by atoms with E-state index in [1.165, 1.54) is 0 Å². The highest BCUT2D eigenvalue weighted by molar-refractivity contribution is 7.54. The number of rotatable bonds is 16. The van der Waals surface area contributed by atoms with Crippen molar-refractivity contribution in [2.45, 2.75) is 96.3 Å². The Hall–Kier alpha value is -2.99. The smallest absolute Gasteiger partial charge is 0.408 e. The summed E-state index contributed by atoms with van der Waals surface area (Å²) in [5.41, 5.74) is 2.46. The van der Waals surface area contributed by atoms with Gasteiger partial charge < -0.3 is 39.7 Å². The van der Waals surface area contributed by atoms with Crippen molar-refractivity contribution in [3.8, 4) is 0 Å². The highest BCUT2D eigenvalue weighted by Crippen LogP contribution is 2.53. The first-order chi connectivity index (χ1) is 23.6. The Morgan fingerprint density at radius 1 is 1.04 bits per heavy atom. The Labute approximate surface area is 294 Å². The predicted molar refractivity (Wildman–Crippen MR) is 188 cm³/mol. The molecule has 1 heterocycles. The standard InChI is InChI=1S/C35H50ClN4O8P/c1-3-47-49(45,48-4-2)34(43)29(17-18-32(41)40-20-19-37-23-27-14-8-9-16-31(27)40)38-33(42)30(22-25-11-6-5-7-12-25)39-35(44)46-24-26-13-10-15-28(36)21-26/h8-10,13-16,21,25,29-30,34,37,43H,3-7,11-12,17-20,22-24H2,1-2H3,(H,38,42)(H,39,44)/t29-,30-,34?/m0/s1. The van der Waals surface area contributed by atoms with Crippen LogP contribution in [0.4, 0.5) is 10.5 Å². The van der Waals surface area contributed by atoms with Crippen molar-refractivity contribution in [2.75, 3.05) is 31.2 Å². The molecule has 1 aliphatic heterocycles. The number of nitrogens with zero attached hydrogens (tertiary/aromatic N) is 1. The maximum Gasteiger partial charge on any atom is 0.408 e. The highest BCUT2D eigenvalue weighted by Gasteiger charge is 2.42. The Bertz CT molecular complexity index is 1430. The number of aliphatic hydroxyl groups is 1. The molecule has 0 bridgehead atoms. The number of hydrogen-bond donors (Lipinski definition) is 4. The zero-order valence-electron chi connectivity index (χ0n) is 28.4. The summed E-state index contributed by atoms with van der Waals surface area (Å²) < 4.78 is 30.1. The Kier molecular flexibility index (Phi) is 15.4. The van der Waals surface area contributed by atoms with Crippen LogP contribution in [0.3, 0.4) is 0 Å². The fraction of sp³-hybridized carbons (Fsp3) is 0.571. The molecule has 49 heavy (non-hydrogen) atoms. The van der Waals surface area contributed by atoms with Gasteiger partial charge in [-0.05, 0) is 61.9 Å². The normalized spacial score (nSPS) is 17.3. The van der Waals surface area contributed by atoms with E-state index in [1.807, 2.05) is 24.3 Å². The molecule has 14 heteroatoms. The first-order valence-electron chi connectivity index (χ1n) is 17.3. The first-order valence-corrected chi connectivity index (χ1v) is 19.3. The van der Waals surface area contributed by atoms with Crippen LogP contribution < -0.4 is 20.9 Å². The largest absolute Gasteiger partial charge is 0.445 e. The molecule has 1 fully saturated rings. The van der Waals surface area contributed by atoms with Crippen molar-refractivity contribution in [1.29, 1.82) is 0 Å². The monoisotopic (exact) mass is 720 g/mol. The molecule has 2 aliphatic rings. The summed E-state index contributed by atoms with van der Waals surface area (Å²) >= 11 is 6.07. The molecule has 3 amide bonds. The number of benzene rings is 2. The van der Waals surface area contributed by atoms with Crippen LogP contribution >= 0.6 is 19.2 Å². The van der Waals surface area contributed by atoms with E-state index in [-0.39, 0.29) is 44.5 Å². The predicted octanol–water partition coefficient (Wildman–Crippen LogP) is 5.89. The zero-order chi connectivity index (χ0) is 35.2. The number of halogens is 1. The molecular weight excluding hydrogens is 671 g/mol. The number of nitrogens with one attached hydrogen (secondary N) is 3. The Morgan fingerprint density at radius 3 is 2.49 bits per heavy atom. The molecule has 3 atom stereocenters. The van der Waals surface area contributed by atoms with Gasteiger partial charge in [-0.15, -0.1) is 0 Å². The minimum absolute atomic E-state index is 0.00414. The third-order valence-corrected chi connectivity index (χ3v) is 11.4. The second kappa shape index (κ2) is 19.4. The third kappa shape index (κ3) is 11.5. The fourth-order valence-electron chi connectivity index (χ4n) is 6.43. The molecule has 1 unspecified atom stereocenters. The van der Waals surface area contributed by atoms with Gasteiger partial charge in [-0.2, -0.15) is 0 Å². The molecule has 1 saturated carbocycles. The van der Waals surface area contributed by atoms with Crippen LogP contribution in [0.5, 0.6) is 0 Å². The minimum atomic E-state index is -4.13. The molecule has 2 aromatic rings. The van der Waals surface area contributed by atoms with Gasteiger partial charge in [0.25, 0.3) is 0 Å². The van der Waals surface area contributed by atoms with Crippen molar-refractivity contribution in [3.05, 3.63) is 64.7 Å². The number of amides is 3. The third-order valence-electron chi connectivity index (χ3n) is 8.87. The van der Waals surface area contributed by atoms with Crippen molar-refractivity contribution < 1.29 is 37.8 Å². The summed E-state index contributed by atoms with van der Waals surface area (Å²) in [5.74, 6) is -2.39. The number of carbonyl (C=O) groups is 3. The van der Waals surface area contributed by atoms with Crippen LogP contribution in [0.25, 0.3) is 0 Å². The fourth-order valence-corrected chi connectivity index (χ4v) is 8.40. The Balaban J connectivity index is 1.53. The second-order valence-electron chi connectivity index (χ2n) is 12.4. The Morgan fingerprint density at radius 2 is 1.78 bits per heavy atom. The summed E-state index contributed by atoms with van der Waals surface area (Å²) in [6.45, 7) is 4.85. The summed E-state index contributed by atoms with van der Waals surface area (Å²) in [6, 6.07) is 12.4. The molecule has 0 saturated heterocycles. The van der Waals surface area contributed by atoms with Gasteiger partial charge >= 0.3 is 13.7 Å². The number of ether oxygens (including phenoxy) is 1. The molecular formula is C35H50ClN4O8P. The van der Waals surface area contributed by atoms with Gasteiger partial charge in [0.05, 0.1) is 19.3 Å². The van der Waals surface area contributed by atoms with Crippen LogP contribution in [-0.4, -0.2) is 67.2 Å². The van der Waals surface area contributed by atoms with E-state index in [0.717, 1.165) is 43.4 Å². The number of fused-ring (bicyclic) bond motifs is 1. The van der Waals surface area contributed by atoms with E-state index in [2.05, 4.69) is 16.0 Å². The maximum atomic E-state index is 14.0. The van der Waals surface area contributed by atoms with Crippen molar-refractivity contribution in [1.82, 2.24) is 16.0 Å². The summed E-state index contributed by atoms with van der Waals surface area (Å²) in [5, 5.41) is 20.8. The molecule has 4 rings (SSSR count). The number of hydrogen-bond acceptors (Lipinski definition) is 9. The van der Waals surface area contributed by atoms with Crippen LogP contribution in [0.2, 0.25) is 5.02 Å². The number of carbonyl (C=O) groups excluding carboxylic acids is 3. The number of alkyl carbamates (subject to hydrolysis) is 1. The van der Waals surface area contributed by atoms with Crippen molar-refractivity contribution >= 4 is 42.8 Å². The van der Waals surface area contributed by atoms with E-state index in [1.54, 1.807) is 43.0 Å². The van der Waals surface area contributed by atoms with Gasteiger partial charge in [-0.3, -0.25) is 14.2 Å². The van der Waals surface area contributed by atoms with Crippen LogP contribution in [0, 0.1) is 5.92 Å². The molecule has 4 N–H and O–H groups in total. The van der Waals surface area contributed by atoms with Crippen LogP contribution in [0.15, 0.2) is 48.5 Å². The average Bonchev–Trinajstić information content (AvgIpc) is 3.32. The maximum absolute atomic E-state index is 14.0. The second-order valence-corrected chi connectivity index (χ2v) is 15.0. The van der Waals surface area contributed by atoms with Gasteiger partial charge in [0.1, 0.15) is 12.6 Å². The molecule has 12 nitrogen and oxygen atoms in total. The van der Waals surface area contributed by atoms with E-state index in [4.69, 9.17) is 25.4 Å². The topological polar surface area (TPSA) is 156 Å². The summed E-state index contributed by atoms with van der Waals surface area (Å²) in [7, 11) is -4.13. The first kappa shape index (κ1) is 38.8. The van der Waals surface area contributed by atoms with Gasteiger partial charge in [-0.25, -0.2) is 4.79 Å². The van der Waals surface area contributed by atoms with Crippen LogP contribution in [-0.2, 0) is 41.1 Å². The van der Waals surface area contributed by atoms with Gasteiger partial charge in [-0.1, -0.05) is 74.0 Å². The summed E-state index contributed by atoms with van der Waals surface area (Å²) in [6.07, 6.45) is 4.45. The molecule has 2 aromatic carbocycles. The van der Waals surface area contributed by atoms with E-state index < -0.39 is 37.5 Å². The lowest BCUT2D eigenvalue weighted by atomic mass is 9.84. The van der Waals surface area contributed by atoms with E-state index >= 15 is 0 Å². The lowest BCUT2D eigenvalue weighted by molar-refractivity contribution is -0.125. The molecule has 0 spiro atoms. The SMILES string of the molecule is CCOP(=O)(OCC)C(O)[C@H](CCC(=O)N1CCNCc2ccccc21)NC(=O)[C@H](CC1CCCCC1)NC(=O)OCc1cccc(Cl)c1.